The second kappa shape index (κ2) is 15.7. The van der Waals surface area contributed by atoms with Crippen LogP contribution in [0.3, 0.4) is 0 Å². The molecule has 0 amide bonds. The Bertz CT molecular complexity index is 631. The van der Waals surface area contributed by atoms with Crippen molar-refractivity contribution in [3.63, 3.8) is 0 Å². The van der Waals surface area contributed by atoms with Crippen molar-refractivity contribution in [2.24, 2.45) is 0 Å². The maximum absolute atomic E-state index is 11.1. The molecular weight excluding hydrogens is 383 g/mol. The number of unbranched alkanes of at least 4 members (excludes halogenated alkanes) is 6. The van der Waals surface area contributed by atoms with Crippen LogP contribution in [0.15, 0.2) is 18.2 Å². The van der Waals surface area contributed by atoms with Crippen LogP contribution < -0.4 is 34.3 Å². The van der Waals surface area contributed by atoms with Crippen LogP contribution in [0.25, 0.3) is 0 Å². The fourth-order valence-electron chi connectivity index (χ4n) is 3.07. The molecular formula is C22H37NaO4S. The molecule has 0 aromatic heterocycles. The Morgan fingerprint density at radius 3 is 2.14 bits per heavy atom. The molecule has 0 aliphatic rings. The molecule has 0 heterocycles. The molecule has 1 atom stereocenters. The van der Waals surface area contributed by atoms with Crippen molar-refractivity contribution < 1.29 is 47.3 Å². The summed E-state index contributed by atoms with van der Waals surface area (Å²) in [5.74, 6) is 0.856. The Hall–Kier alpha value is -0.0700. The second-order valence-corrected chi connectivity index (χ2v) is 9.29. The summed E-state index contributed by atoms with van der Waals surface area (Å²) in [7, 11) is -4.24. The first-order valence-electron chi connectivity index (χ1n) is 10.6. The van der Waals surface area contributed by atoms with Crippen molar-refractivity contribution in [1.82, 2.24) is 0 Å². The fraction of sp³-hybridized carbons (Fsp3) is 0.727. The summed E-state index contributed by atoms with van der Waals surface area (Å²) in [5, 5.41) is -0.914. The van der Waals surface area contributed by atoms with Crippen molar-refractivity contribution in [3.05, 3.63) is 29.3 Å². The molecule has 1 aromatic rings. The van der Waals surface area contributed by atoms with Gasteiger partial charge in [-0.1, -0.05) is 64.5 Å². The Labute approximate surface area is 194 Å². The zero-order chi connectivity index (χ0) is 20.1. The van der Waals surface area contributed by atoms with E-state index in [2.05, 4.69) is 32.0 Å². The van der Waals surface area contributed by atoms with Gasteiger partial charge in [0, 0.05) is 5.25 Å². The Morgan fingerprint density at radius 1 is 0.964 bits per heavy atom. The summed E-state index contributed by atoms with van der Waals surface area (Å²) in [5.41, 5.74) is 2.45. The third-order valence-electron chi connectivity index (χ3n) is 5.02. The fourth-order valence-corrected chi connectivity index (χ4v) is 3.46. The Kier molecular flexibility index (Phi) is 15.7. The van der Waals surface area contributed by atoms with Gasteiger partial charge >= 0.3 is 29.6 Å². The molecule has 1 rings (SSSR count). The maximum atomic E-state index is 11.1. The van der Waals surface area contributed by atoms with Gasteiger partial charge in [0.05, 0.1) is 16.7 Å². The first-order chi connectivity index (χ1) is 12.9. The summed E-state index contributed by atoms with van der Waals surface area (Å²) >= 11 is 0. The molecule has 0 N–H and O–H groups in total. The van der Waals surface area contributed by atoms with Crippen LogP contribution in [-0.2, 0) is 23.0 Å². The van der Waals surface area contributed by atoms with Gasteiger partial charge in [0.1, 0.15) is 5.75 Å². The number of hydrogen-bond acceptors (Lipinski definition) is 4. The molecule has 1 unspecified atom stereocenters. The van der Waals surface area contributed by atoms with E-state index in [-0.39, 0.29) is 42.6 Å². The van der Waals surface area contributed by atoms with Gasteiger partial charge in [-0.2, -0.15) is 0 Å². The average Bonchev–Trinajstić information content (AvgIpc) is 2.62. The zero-order valence-corrected chi connectivity index (χ0v) is 21.2. The molecule has 156 valence electrons. The van der Waals surface area contributed by atoms with Crippen LogP contribution in [-0.4, -0.2) is 24.8 Å². The Balaban J connectivity index is 0.00000729. The molecule has 6 heteroatoms. The monoisotopic (exact) mass is 420 g/mol. The molecule has 0 aliphatic heterocycles. The molecule has 0 radical (unpaired) electrons. The molecule has 0 aliphatic carbocycles. The maximum Gasteiger partial charge on any atom is 1.00 e. The molecule has 1 aromatic carbocycles. The molecule has 28 heavy (non-hydrogen) atoms. The van der Waals surface area contributed by atoms with Gasteiger partial charge in [0.2, 0.25) is 0 Å². The van der Waals surface area contributed by atoms with Gasteiger partial charge in [-0.25, -0.2) is 8.42 Å². The van der Waals surface area contributed by atoms with Crippen molar-refractivity contribution in [2.45, 2.75) is 96.7 Å². The van der Waals surface area contributed by atoms with Crippen LogP contribution in [0.2, 0.25) is 0 Å². The molecule has 0 spiro atoms. The van der Waals surface area contributed by atoms with Crippen molar-refractivity contribution >= 4 is 10.1 Å². The average molecular weight is 421 g/mol. The van der Waals surface area contributed by atoms with Crippen LogP contribution in [0.1, 0.15) is 89.7 Å². The van der Waals surface area contributed by atoms with Gasteiger partial charge in [0.25, 0.3) is 0 Å². The molecule has 0 saturated heterocycles. The predicted molar refractivity (Wildman–Crippen MR) is 111 cm³/mol. The summed E-state index contributed by atoms with van der Waals surface area (Å²) in [6.07, 6.45) is 11.9. The van der Waals surface area contributed by atoms with E-state index in [1.807, 2.05) is 0 Å². The normalized spacial score (nSPS) is 12.4. The predicted octanol–water partition coefficient (Wildman–Crippen LogP) is 2.64. The van der Waals surface area contributed by atoms with E-state index in [9.17, 15) is 13.0 Å². The standard InChI is InChI=1S/C22H38O4S.Na/c1-4-6-8-10-12-20-14-15-21(13-11-9-7-5-2)22(18-20)26-17-16-19(3)27(23,24)25;/h14-15,18-19H,4-13,16-17H2,1-3H3,(H,23,24,25);/q;+1/p-1. The van der Waals surface area contributed by atoms with Crippen molar-refractivity contribution in [1.29, 1.82) is 0 Å². The second-order valence-electron chi connectivity index (χ2n) is 7.50. The topological polar surface area (TPSA) is 66.4 Å². The van der Waals surface area contributed by atoms with Crippen molar-refractivity contribution in [2.75, 3.05) is 6.61 Å². The van der Waals surface area contributed by atoms with Crippen LogP contribution in [0.5, 0.6) is 5.75 Å². The quantitative estimate of drug-likeness (QED) is 0.249. The number of ether oxygens (including phenoxy) is 1. The smallest absolute Gasteiger partial charge is 0.748 e. The van der Waals surface area contributed by atoms with Crippen LogP contribution in [0, 0.1) is 0 Å². The summed E-state index contributed by atoms with van der Waals surface area (Å²) < 4.78 is 39.1. The number of aryl methyl sites for hydroxylation is 2. The minimum atomic E-state index is -4.24. The summed E-state index contributed by atoms with van der Waals surface area (Å²) in [4.78, 5) is 0. The SMILES string of the molecule is CCCCCCc1ccc(CCCCCC)c(OCCC(C)S(=O)(=O)[O-])c1.[Na+]. The van der Waals surface area contributed by atoms with Crippen LogP contribution in [0.4, 0.5) is 0 Å². The largest absolute Gasteiger partial charge is 1.00 e. The zero-order valence-electron chi connectivity index (χ0n) is 18.3. The van der Waals surface area contributed by atoms with E-state index in [0.29, 0.717) is 0 Å². The summed E-state index contributed by atoms with van der Waals surface area (Å²) in [6, 6.07) is 6.46. The minimum Gasteiger partial charge on any atom is -0.748 e. The third-order valence-corrected chi connectivity index (χ3v) is 6.25. The molecule has 0 saturated carbocycles. The number of hydrogen-bond donors (Lipinski definition) is 0. The van der Waals surface area contributed by atoms with E-state index in [0.717, 1.165) is 25.0 Å². The van der Waals surface area contributed by atoms with Gasteiger partial charge in [0.15, 0.2) is 0 Å². The van der Waals surface area contributed by atoms with Gasteiger partial charge in [-0.15, -0.1) is 0 Å². The van der Waals surface area contributed by atoms with E-state index in [1.54, 1.807) is 0 Å². The molecule has 0 bridgehead atoms. The van der Waals surface area contributed by atoms with Crippen LogP contribution >= 0.6 is 0 Å². The minimum absolute atomic E-state index is 0. The van der Waals surface area contributed by atoms with E-state index in [1.165, 1.54) is 63.0 Å². The van der Waals surface area contributed by atoms with Gasteiger partial charge < -0.3 is 9.29 Å². The third kappa shape index (κ3) is 11.8. The van der Waals surface area contributed by atoms with E-state index >= 15 is 0 Å². The first kappa shape index (κ1) is 27.9. The number of rotatable bonds is 15. The first-order valence-corrected chi connectivity index (χ1v) is 12.0. The molecule has 4 nitrogen and oxygen atoms in total. The summed E-state index contributed by atoms with van der Waals surface area (Å²) in [6.45, 7) is 6.11. The van der Waals surface area contributed by atoms with E-state index in [4.69, 9.17) is 4.74 Å². The Morgan fingerprint density at radius 2 is 1.57 bits per heavy atom. The number of benzene rings is 1. The molecule has 0 fully saturated rings. The van der Waals surface area contributed by atoms with Gasteiger partial charge in [-0.05, 0) is 56.2 Å². The van der Waals surface area contributed by atoms with Gasteiger partial charge in [-0.3, -0.25) is 0 Å². The van der Waals surface area contributed by atoms with Crippen molar-refractivity contribution in [3.8, 4) is 5.75 Å². The van der Waals surface area contributed by atoms with E-state index < -0.39 is 15.4 Å².